The maximum absolute atomic E-state index is 11.9. The monoisotopic (exact) mass is 601 g/mol. The van der Waals surface area contributed by atoms with Crippen LogP contribution in [0.2, 0.25) is 0 Å². The number of fused-ring (bicyclic) bond motifs is 2. The number of nitrogens with zero attached hydrogens (tertiary/aromatic N) is 1. The number of hydrogen-bond donors (Lipinski definition) is 1. The van der Waals surface area contributed by atoms with Crippen molar-refractivity contribution >= 4 is 33.4 Å². The summed E-state index contributed by atoms with van der Waals surface area (Å²) in [6.07, 6.45) is 1.81. The summed E-state index contributed by atoms with van der Waals surface area (Å²) >= 11 is 0. The molecule has 0 fully saturated rings. The van der Waals surface area contributed by atoms with Crippen molar-refractivity contribution in [2.24, 2.45) is 4.99 Å². The highest BCUT2D eigenvalue weighted by atomic mass is 16.3. The average Bonchev–Trinajstić information content (AvgIpc) is 3.14. The van der Waals surface area contributed by atoms with Crippen molar-refractivity contribution < 1.29 is 5.11 Å². The van der Waals surface area contributed by atoms with Gasteiger partial charge in [-0.25, -0.2) is 0 Å². The van der Waals surface area contributed by atoms with Crippen molar-refractivity contribution in [1.82, 2.24) is 0 Å². The molecule has 0 aromatic heterocycles. The highest BCUT2D eigenvalue weighted by Gasteiger charge is 2.17. The summed E-state index contributed by atoms with van der Waals surface area (Å²) in [6, 6.07) is 60.6. The molecule has 8 aromatic carbocycles. The molecule has 0 saturated carbocycles. The Kier molecular flexibility index (Phi) is 7.37. The van der Waals surface area contributed by atoms with Crippen molar-refractivity contribution in [1.29, 1.82) is 0 Å². The molecule has 0 saturated heterocycles. The van der Waals surface area contributed by atoms with Crippen molar-refractivity contribution in [3.05, 3.63) is 181 Å². The normalized spacial score (nSPS) is 11.4. The van der Waals surface area contributed by atoms with Gasteiger partial charge in [-0.3, -0.25) is 4.99 Å². The second kappa shape index (κ2) is 12.3. The number of rotatable bonds is 6. The molecular formula is C45H31NO. The van der Waals surface area contributed by atoms with E-state index < -0.39 is 0 Å². The van der Waals surface area contributed by atoms with Crippen LogP contribution in [0.25, 0.3) is 66.1 Å². The first-order chi connectivity index (χ1) is 23.2. The third-order valence-electron chi connectivity index (χ3n) is 8.83. The Bertz CT molecular complexity index is 2280. The van der Waals surface area contributed by atoms with Gasteiger partial charge in [0.1, 0.15) is 5.75 Å². The third kappa shape index (κ3) is 5.37. The zero-order valence-corrected chi connectivity index (χ0v) is 25.7. The minimum absolute atomic E-state index is 0.209. The summed E-state index contributed by atoms with van der Waals surface area (Å²) in [7, 11) is 0. The van der Waals surface area contributed by atoms with E-state index in [0.29, 0.717) is 5.56 Å². The van der Waals surface area contributed by atoms with Gasteiger partial charge in [0.2, 0.25) is 0 Å². The number of aliphatic imine (C=N–C) groups is 1. The largest absolute Gasteiger partial charge is 0.507 e. The predicted octanol–water partition coefficient (Wildman–Crippen LogP) is 12.1. The first kappa shape index (κ1) is 28.2. The van der Waals surface area contributed by atoms with E-state index >= 15 is 0 Å². The Morgan fingerprint density at radius 3 is 1.45 bits per heavy atom. The van der Waals surface area contributed by atoms with Gasteiger partial charge in [-0.2, -0.15) is 0 Å². The van der Waals surface area contributed by atoms with E-state index in [9.17, 15) is 5.11 Å². The molecule has 0 aliphatic heterocycles. The Morgan fingerprint density at radius 2 is 0.894 bits per heavy atom. The van der Waals surface area contributed by atoms with Gasteiger partial charge in [-0.15, -0.1) is 0 Å². The molecule has 8 aromatic rings. The highest BCUT2D eigenvalue weighted by molar-refractivity contribution is 6.14. The standard InChI is InChI=1S/C45H31NO/c47-45-36(23-14-26-40(45)43-38-24-12-10-21-34(38)27-35-22-11-13-25-39(35)43)30-46-44-41(32-17-6-2-7-18-32)28-37(31-15-4-1-5-16-31)29-42(44)33-19-8-3-9-20-33/h1-30,47H. The van der Waals surface area contributed by atoms with Crippen LogP contribution in [0, 0.1) is 0 Å². The zero-order chi connectivity index (χ0) is 31.6. The zero-order valence-electron chi connectivity index (χ0n) is 25.7. The Morgan fingerprint density at radius 1 is 0.404 bits per heavy atom. The molecule has 2 heteroatoms. The van der Waals surface area contributed by atoms with Crippen molar-refractivity contribution in [2.75, 3.05) is 0 Å². The maximum Gasteiger partial charge on any atom is 0.132 e. The van der Waals surface area contributed by atoms with Crippen LogP contribution >= 0.6 is 0 Å². The summed E-state index contributed by atoms with van der Waals surface area (Å²) < 4.78 is 0. The second-order valence-electron chi connectivity index (χ2n) is 11.7. The highest BCUT2D eigenvalue weighted by Crippen LogP contribution is 2.44. The van der Waals surface area contributed by atoms with Gasteiger partial charge in [0.05, 0.1) is 5.69 Å². The first-order valence-electron chi connectivity index (χ1n) is 15.9. The summed E-state index contributed by atoms with van der Waals surface area (Å²) in [5.41, 5.74) is 9.79. The minimum atomic E-state index is 0.209. The van der Waals surface area contributed by atoms with Gasteiger partial charge in [0, 0.05) is 34.0 Å². The summed E-state index contributed by atoms with van der Waals surface area (Å²) in [4.78, 5) is 5.20. The topological polar surface area (TPSA) is 32.6 Å². The number of benzene rings is 8. The summed E-state index contributed by atoms with van der Waals surface area (Å²) in [6.45, 7) is 0. The molecule has 222 valence electrons. The molecule has 0 aliphatic rings. The van der Waals surface area contributed by atoms with Crippen LogP contribution in [0.4, 0.5) is 5.69 Å². The predicted molar refractivity (Wildman–Crippen MR) is 199 cm³/mol. The lowest BCUT2D eigenvalue weighted by Crippen LogP contribution is -1.91. The molecule has 0 amide bonds. The van der Waals surface area contributed by atoms with Gasteiger partial charge in [0.15, 0.2) is 0 Å². The average molecular weight is 602 g/mol. The van der Waals surface area contributed by atoms with E-state index in [2.05, 4.69) is 140 Å². The molecule has 47 heavy (non-hydrogen) atoms. The second-order valence-corrected chi connectivity index (χ2v) is 11.7. The van der Waals surface area contributed by atoms with Gasteiger partial charge in [0.25, 0.3) is 0 Å². The molecule has 0 heterocycles. The molecular weight excluding hydrogens is 571 g/mol. The number of hydrogen-bond acceptors (Lipinski definition) is 2. The van der Waals surface area contributed by atoms with Crippen LogP contribution < -0.4 is 0 Å². The molecule has 0 atom stereocenters. The van der Waals surface area contributed by atoms with Crippen molar-refractivity contribution in [3.63, 3.8) is 0 Å². The number of phenolic OH excluding ortho intramolecular Hbond substituents is 1. The van der Waals surface area contributed by atoms with Crippen LogP contribution in [0.1, 0.15) is 5.56 Å². The van der Waals surface area contributed by atoms with Gasteiger partial charge >= 0.3 is 0 Å². The van der Waals surface area contributed by atoms with E-state index in [1.165, 1.54) is 0 Å². The Hall–Kier alpha value is -6.25. The Balaban J connectivity index is 1.34. The van der Waals surface area contributed by atoms with Crippen LogP contribution in [0.15, 0.2) is 181 Å². The molecule has 0 unspecified atom stereocenters. The minimum Gasteiger partial charge on any atom is -0.507 e. The van der Waals surface area contributed by atoms with Crippen LogP contribution in [-0.4, -0.2) is 11.3 Å². The van der Waals surface area contributed by atoms with Gasteiger partial charge in [-0.1, -0.05) is 152 Å². The smallest absolute Gasteiger partial charge is 0.132 e. The van der Waals surface area contributed by atoms with E-state index in [1.807, 2.05) is 42.6 Å². The molecule has 0 spiro atoms. The molecule has 1 N–H and O–H groups in total. The van der Waals surface area contributed by atoms with Crippen molar-refractivity contribution in [2.45, 2.75) is 0 Å². The molecule has 8 rings (SSSR count). The maximum atomic E-state index is 11.9. The SMILES string of the molecule is Oc1c(C=Nc2c(-c3ccccc3)cc(-c3ccccc3)cc2-c2ccccc2)cccc1-c1c2ccccc2cc2ccccc12. The lowest BCUT2D eigenvalue weighted by Gasteiger charge is -2.16. The summed E-state index contributed by atoms with van der Waals surface area (Å²) in [5.74, 6) is 0.209. The van der Waals surface area contributed by atoms with E-state index in [0.717, 1.165) is 71.7 Å². The first-order valence-corrected chi connectivity index (χ1v) is 15.9. The lowest BCUT2D eigenvalue weighted by molar-refractivity contribution is 0.476. The molecule has 0 radical (unpaired) electrons. The molecule has 2 nitrogen and oxygen atoms in total. The van der Waals surface area contributed by atoms with E-state index in [-0.39, 0.29) is 5.75 Å². The third-order valence-corrected chi connectivity index (χ3v) is 8.83. The fourth-order valence-electron chi connectivity index (χ4n) is 6.55. The quantitative estimate of drug-likeness (QED) is 0.149. The molecule has 0 aliphatic carbocycles. The van der Waals surface area contributed by atoms with E-state index in [1.54, 1.807) is 0 Å². The van der Waals surface area contributed by atoms with Gasteiger partial charge < -0.3 is 5.11 Å². The van der Waals surface area contributed by atoms with Gasteiger partial charge in [-0.05, 0) is 68.1 Å². The number of para-hydroxylation sites is 1. The van der Waals surface area contributed by atoms with Crippen LogP contribution in [0.5, 0.6) is 5.75 Å². The van der Waals surface area contributed by atoms with Crippen LogP contribution in [-0.2, 0) is 0 Å². The molecule has 0 bridgehead atoms. The number of aromatic hydroxyl groups is 1. The summed E-state index contributed by atoms with van der Waals surface area (Å²) in [5, 5.41) is 16.4. The van der Waals surface area contributed by atoms with Crippen molar-refractivity contribution in [3.8, 4) is 50.3 Å². The Labute approximate surface area is 274 Å². The fourth-order valence-corrected chi connectivity index (χ4v) is 6.55. The lowest BCUT2D eigenvalue weighted by atomic mass is 9.90. The van der Waals surface area contributed by atoms with Crippen LogP contribution in [0.3, 0.4) is 0 Å². The number of phenols is 1. The fraction of sp³-hybridized carbons (Fsp3) is 0. The van der Waals surface area contributed by atoms with E-state index in [4.69, 9.17) is 4.99 Å².